The largest absolute Gasteiger partial charge is 0.381 e. The van der Waals surface area contributed by atoms with Gasteiger partial charge in [0, 0.05) is 18.6 Å². The number of ether oxygens (including phenoxy) is 1. The van der Waals surface area contributed by atoms with Gasteiger partial charge in [0.15, 0.2) is 0 Å². The molecule has 4 fully saturated rings. The molecule has 4 aliphatic rings. The van der Waals surface area contributed by atoms with E-state index in [2.05, 4.69) is 35.7 Å². The molecular weight excluding hydrogens is 322 g/mol. The van der Waals surface area contributed by atoms with Crippen LogP contribution in [0.25, 0.3) is 0 Å². The Morgan fingerprint density at radius 1 is 0.846 bits per heavy atom. The fourth-order valence-corrected chi connectivity index (χ4v) is 6.61. The van der Waals surface area contributed by atoms with E-state index in [-0.39, 0.29) is 0 Å². The van der Waals surface area contributed by atoms with Gasteiger partial charge in [-0.05, 0) is 109 Å². The second-order valence-corrected chi connectivity index (χ2v) is 10.1. The van der Waals surface area contributed by atoms with Crippen molar-refractivity contribution in [2.45, 2.75) is 57.9 Å². The number of rotatable bonds is 2. The molecule has 2 unspecified atom stereocenters. The summed E-state index contributed by atoms with van der Waals surface area (Å²) in [6, 6.07) is 0.751. The highest BCUT2D eigenvalue weighted by Gasteiger charge is 2.51. The predicted molar refractivity (Wildman–Crippen MR) is 108 cm³/mol. The normalized spacial score (nSPS) is 36.6. The fourth-order valence-electron chi connectivity index (χ4n) is 6.61. The average molecular weight is 364 g/mol. The molecule has 4 heteroatoms. The van der Waals surface area contributed by atoms with Crippen molar-refractivity contribution in [3.63, 3.8) is 0 Å². The molecule has 0 N–H and O–H groups in total. The van der Waals surface area contributed by atoms with Crippen LogP contribution in [0.4, 0.5) is 0 Å². The number of likely N-dealkylation sites (tertiary alicyclic amines) is 3. The zero-order valence-electron chi connectivity index (χ0n) is 17.5. The molecule has 2 spiro atoms. The van der Waals surface area contributed by atoms with E-state index in [4.69, 9.17) is 4.74 Å². The molecule has 26 heavy (non-hydrogen) atoms. The lowest BCUT2D eigenvalue weighted by atomic mass is 9.59. The zero-order valence-corrected chi connectivity index (χ0v) is 17.5. The van der Waals surface area contributed by atoms with Crippen LogP contribution in [-0.4, -0.2) is 87.3 Å². The van der Waals surface area contributed by atoms with Gasteiger partial charge in [-0.3, -0.25) is 0 Å². The molecule has 4 aliphatic heterocycles. The topological polar surface area (TPSA) is 19.0 Å². The van der Waals surface area contributed by atoms with Crippen molar-refractivity contribution < 1.29 is 4.74 Å². The van der Waals surface area contributed by atoms with Gasteiger partial charge in [0.25, 0.3) is 0 Å². The summed E-state index contributed by atoms with van der Waals surface area (Å²) in [5.74, 6) is 0.752. The summed E-state index contributed by atoms with van der Waals surface area (Å²) in [7, 11) is 4.60. The molecule has 0 amide bonds. The molecule has 0 saturated carbocycles. The number of hydrogen-bond donors (Lipinski definition) is 0. The Hall–Kier alpha value is -0.160. The van der Waals surface area contributed by atoms with Crippen LogP contribution in [0.3, 0.4) is 0 Å². The lowest BCUT2D eigenvalue weighted by Gasteiger charge is -2.57. The summed E-state index contributed by atoms with van der Waals surface area (Å²) in [5.41, 5.74) is 1.17. The minimum absolute atomic E-state index is 0.548. The summed E-state index contributed by atoms with van der Waals surface area (Å²) >= 11 is 0. The Bertz CT molecular complexity index is 466. The van der Waals surface area contributed by atoms with E-state index in [1.54, 1.807) is 0 Å². The Kier molecular flexibility index (Phi) is 5.67. The molecule has 150 valence electrons. The van der Waals surface area contributed by atoms with Crippen LogP contribution < -0.4 is 0 Å². The average Bonchev–Trinajstić information content (AvgIpc) is 2.67. The van der Waals surface area contributed by atoms with Crippen LogP contribution in [0.2, 0.25) is 0 Å². The number of hydrogen-bond acceptors (Lipinski definition) is 4. The van der Waals surface area contributed by atoms with Crippen LogP contribution in [0, 0.1) is 16.7 Å². The highest BCUT2D eigenvalue weighted by atomic mass is 16.5. The third kappa shape index (κ3) is 3.59. The Morgan fingerprint density at radius 3 is 2.12 bits per heavy atom. The van der Waals surface area contributed by atoms with Crippen molar-refractivity contribution >= 4 is 0 Å². The van der Waals surface area contributed by atoms with Gasteiger partial charge < -0.3 is 19.4 Å². The van der Waals surface area contributed by atoms with E-state index in [1.165, 1.54) is 84.2 Å². The number of piperidine rings is 3. The van der Waals surface area contributed by atoms with Gasteiger partial charge in [-0.15, -0.1) is 0 Å². The highest BCUT2D eigenvalue weighted by Crippen LogP contribution is 2.52. The van der Waals surface area contributed by atoms with E-state index >= 15 is 0 Å². The van der Waals surface area contributed by atoms with Crippen LogP contribution >= 0.6 is 0 Å². The maximum absolute atomic E-state index is 6.13. The van der Waals surface area contributed by atoms with Gasteiger partial charge in [0.2, 0.25) is 0 Å². The van der Waals surface area contributed by atoms with Crippen molar-refractivity contribution in [3.8, 4) is 0 Å². The van der Waals surface area contributed by atoms with Crippen molar-refractivity contribution in [1.29, 1.82) is 0 Å². The van der Waals surface area contributed by atoms with Crippen LogP contribution in [0.1, 0.15) is 51.9 Å². The van der Waals surface area contributed by atoms with Crippen LogP contribution in [-0.2, 0) is 4.74 Å². The molecule has 0 aromatic carbocycles. The van der Waals surface area contributed by atoms with Gasteiger partial charge >= 0.3 is 0 Å². The van der Waals surface area contributed by atoms with E-state index in [0.717, 1.165) is 25.2 Å². The van der Waals surface area contributed by atoms with Gasteiger partial charge in [0.1, 0.15) is 0 Å². The Balaban J connectivity index is 1.55. The van der Waals surface area contributed by atoms with Gasteiger partial charge in [0.05, 0.1) is 6.61 Å². The highest BCUT2D eigenvalue weighted by molar-refractivity contribution is 5.03. The molecule has 0 aliphatic carbocycles. The summed E-state index contributed by atoms with van der Waals surface area (Å²) in [6.45, 7) is 12.1. The molecule has 2 atom stereocenters. The third-order valence-corrected chi connectivity index (χ3v) is 8.77. The monoisotopic (exact) mass is 363 g/mol. The molecule has 4 rings (SSSR count). The maximum atomic E-state index is 6.13. The molecule has 0 aromatic heterocycles. The minimum Gasteiger partial charge on any atom is -0.381 e. The Morgan fingerprint density at radius 2 is 1.46 bits per heavy atom. The predicted octanol–water partition coefficient (Wildman–Crippen LogP) is 2.93. The number of nitrogens with zero attached hydrogens (tertiary/aromatic N) is 3. The zero-order chi connectivity index (χ0) is 18.2. The first-order chi connectivity index (χ1) is 12.6. The van der Waals surface area contributed by atoms with Crippen molar-refractivity contribution in [2.24, 2.45) is 16.7 Å². The van der Waals surface area contributed by atoms with E-state index in [9.17, 15) is 0 Å². The first-order valence-corrected chi connectivity index (χ1v) is 11.2. The summed E-state index contributed by atoms with van der Waals surface area (Å²) in [6.07, 6.45) is 9.77. The Labute approximate surface area is 161 Å². The quantitative estimate of drug-likeness (QED) is 0.751. The van der Waals surface area contributed by atoms with Crippen molar-refractivity contribution in [2.75, 3.05) is 66.6 Å². The molecule has 4 saturated heterocycles. The summed E-state index contributed by atoms with van der Waals surface area (Å²) < 4.78 is 6.13. The standard InChI is InChI=1S/C22H41N3O/c1-4-25-15-7-21(5-11-23(2)12-6-21)17-20(25)19-18-26-16-10-22(19)8-13-24(3)14-9-22/h19-20H,4-18H2,1-3H3. The molecule has 0 aromatic rings. The van der Waals surface area contributed by atoms with E-state index in [1.807, 2.05) is 0 Å². The summed E-state index contributed by atoms with van der Waals surface area (Å²) in [4.78, 5) is 7.91. The molecule has 0 bridgehead atoms. The molecular formula is C22H41N3O. The molecule has 0 radical (unpaired) electrons. The van der Waals surface area contributed by atoms with E-state index in [0.29, 0.717) is 10.8 Å². The SMILES string of the molecule is CCN1CCC2(CCN(C)CC2)CC1C1COCCC12CCN(C)CC2. The minimum atomic E-state index is 0.548. The van der Waals surface area contributed by atoms with Crippen molar-refractivity contribution in [3.05, 3.63) is 0 Å². The molecule has 4 heterocycles. The van der Waals surface area contributed by atoms with Crippen LogP contribution in [0.5, 0.6) is 0 Å². The summed E-state index contributed by atoms with van der Waals surface area (Å²) in [5, 5.41) is 0. The molecule has 4 nitrogen and oxygen atoms in total. The maximum Gasteiger partial charge on any atom is 0.0514 e. The van der Waals surface area contributed by atoms with Gasteiger partial charge in [-0.25, -0.2) is 0 Å². The second kappa shape index (κ2) is 7.69. The lowest BCUT2D eigenvalue weighted by Crippen LogP contribution is -2.59. The lowest BCUT2D eigenvalue weighted by molar-refractivity contribution is -0.123. The van der Waals surface area contributed by atoms with Crippen molar-refractivity contribution in [1.82, 2.24) is 14.7 Å². The fraction of sp³-hybridized carbons (Fsp3) is 1.00. The third-order valence-electron chi connectivity index (χ3n) is 8.77. The second-order valence-electron chi connectivity index (χ2n) is 10.1. The first-order valence-electron chi connectivity index (χ1n) is 11.2. The van der Waals surface area contributed by atoms with Gasteiger partial charge in [-0.2, -0.15) is 0 Å². The first kappa shape index (κ1) is 19.2. The van der Waals surface area contributed by atoms with Gasteiger partial charge in [-0.1, -0.05) is 6.92 Å². The smallest absolute Gasteiger partial charge is 0.0514 e. The van der Waals surface area contributed by atoms with E-state index < -0.39 is 0 Å². The van der Waals surface area contributed by atoms with Crippen LogP contribution in [0.15, 0.2) is 0 Å².